The first kappa shape index (κ1) is 15.5. The van der Waals surface area contributed by atoms with Gasteiger partial charge in [-0.1, -0.05) is 20.8 Å². The highest BCUT2D eigenvalue weighted by Crippen LogP contribution is 2.40. The van der Waals surface area contributed by atoms with Gasteiger partial charge in [0.15, 0.2) is 0 Å². The molecular weight excluding hydrogens is 248 g/mol. The van der Waals surface area contributed by atoms with Gasteiger partial charge in [-0.25, -0.2) is 4.98 Å². The highest BCUT2D eigenvalue weighted by molar-refractivity contribution is 4.93. The zero-order valence-electron chi connectivity index (χ0n) is 13.7. The fraction of sp³-hybridized carbons (Fsp3) is 0.875. The van der Waals surface area contributed by atoms with Crippen LogP contribution in [0.4, 0.5) is 0 Å². The maximum absolute atomic E-state index is 4.36. The molecule has 1 atom stereocenters. The topological polar surface area (TPSA) is 42.7 Å². The minimum absolute atomic E-state index is 0.462. The van der Waals surface area contributed by atoms with Gasteiger partial charge >= 0.3 is 0 Å². The molecule has 114 valence electrons. The average Bonchev–Trinajstić information content (AvgIpc) is 2.80. The van der Waals surface area contributed by atoms with Crippen LogP contribution < -0.4 is 5.32 Å². The highest BCUT2D eigenvalue weighted by Gasteiger charge is 2.32. The summed E-state index contributed by atoms with van der Waals surface area (Å²) in [7, 11) is 4.06. The van der Waals surface area contributed by atoms with Crippen molar-refractivity contribution in [2.75, 3.05) is 7.05 Å². The molecule has 1 aromatic rings. The number of aryl methyl sites for hydroxylation is 1. The van der Waals surface area contributed by atoms with Crippen LogP contribution in [-0.2, 0) is 13.5 Å². The summed E-state index contributed by atoms with van der Waals surface area (Å²) in [6.45, 7) is 7.15. The first-order valence-electron chi connectivity index (χ1n) is 7.92. The Morgan fingerprint density at radius 3 is 2.40 bits per heavy atom. The molecule has 4 nitrogen and oxygen atoms in total. The van der Waals surface area contributed by atoms with Crippen LogP contribution in [0, 0.1) is 17.3 Å². The van der Waals surface area contributed by atoms with Gasteiger partial charge in [0, 0.05) is 19.5 Å². The number of aromatic nitrogens is 3. The van der Waals surface area contributed by atoms with E-state index in [0.29, 0.717) is 11.5 Å². The summed E-state index contributed by atoms with van der Waals surface area (Å²) in [5.41, 5.74) is 0.462. The highest BCUT2D eigenvalue weighted by atomic mass is 15.3. The monoisotopic (exact) mass is 278 g/mol. The maximum atomic E-state index is 4.36. The number of nitrogens with zero attached hydrogens (tertiary/aromatic N) is 3. The second-order valence-corrected chi connectivity index (χ2v) is 7.38. The van der Waals surface area contributed by atoms with Crippen molar-refractivity contribution in [2.24, 2.45) is 24.3 Å². The number of nitrogens with one attached hydrogen (secondary N) is 1. The van der Waals surface area contributed by atoms with Gasteiger partial charge in [0.1, 0.15) is 12.2 Å². The zero-order chi connectivity index (χ0) is 14.8. The van der Waals surface area contributed by atoms with E-state index >= 15 is 0 Å². The van der Waals surface area contributed by atoms with Gasteiger partial charge in [0.25, 0.3) is 0 Å². The summed E-state index contributed by atoms with van der Waals surface area (Å²) < 4.78 is 1.89. The van der Waals surface area contributed by atoms with Crippen LogP contribution in [0.3, 0.4) is 0 Å². The smallest absolute Gasteiger partial charge is 0.138 e. The normalized spacial score (nSPS) is 25.6. The van der Waals surface area contributed by atoms with Gasteiger partial charge in [0.2, 0.25) is 0 Å². The van der Waals surface area contributed by atoms with Crippen LogP contribution in [0.5, 0.6) is 0 Å². The molecule has 20 heavy (non-hydrogen) atoms. The number of hydrogen-bond donors (Lipinski definition) is 1. The Morgan fingerprint density at radius 1 is 1.30 bits per heavy atom. The van der Waals surface area contributed by atoms with Crippen LogP contribution in [0.2, 0.25) is 0 Å². The second-order valence-electron chi connectivity index (χ2n) is 7.38. The summed E-state index contributed by atoms with van der Waals surface area (Å²) in [6.07, 6.45) is 8.04. The van der Waals surface area contributed by atoms with E-state index in [1.807, 2.05) is 11.7 Å². The lowest BCUT2D eigenvalue weighted by atomic mass is 9.68. The lowest BCUT2D eigenvalue weighted by Crippen LogP contribution is -2.39. The molecule has 1 aliphatic carbocycles. The summed E-state index contributed by atoms with van der Waals surface area (Å²) >= 11 is 0. The number of rotatable bonds is 4. The van der Waals surface area contributed by atoms with Gasteiger partial charge in [0.05, 0.1) is 0 Å². The Morgan fingerprint density at radius 2 is 1.95 bits per heavy atom. The van der Waals surface area contributed by atoms with E-state index in [9.17, 15) is 0 Å². The second kappa shape index (κ2) is 6.25. The van der Waals surface area contributed by atoms with Crippen LogP contribution in [0.15, 0.2) is 6.33 Å². The van der Waals surface area contributed by atoms with Gasteiger partial charge < -0.3 is 5.32 Å². The Hall–Kier alpha value is -0.900. The summed E-state index contributed by atoms with van der Waals surface area (Å²) in [5.74, 6) is 2.74. The summed E-state index contributed by atoms with van der Waals surface area (Å²) in [5, 5.41) is 7.68. The lowest BCUT2D eigenvalue weighted by Gasteiger charge is -2.39. The van der Waals surface area contributed by atoms with E-state index in [2.05, 4.69) is 43.2 Å². The van der Waals surface area contributed by atoms with Crippen molar-refractivity contribution in [1.29, 1.82) is 0 Å². The SMILES string of the molecule is CNC(Cc1ncnn1C)C1CCC(C(C)(C)C)CC1. The van der Waals surface area contributed by atoms with Gasteiger partial charge in [-0.05, 0) is 50.0 Å². The standard InChI is InChI=1S/C16H30N4/c1-16(2,3)13-8-6-12(7-9-13)14(17-4)10-15-18-11-19-20(15)5/h11-14,17H,6-10H2,1-5H3. The third-order valence-electron chi connectivity index (χ3n) is 5.14. The predicted molar refractivity (Wildman–Crippen MR) is 82.5 cm³/mol. The van der Waals surface area contributed by atoms with E-state index < -0.39 is 0 Å². The van der Waals surface area contributed by atoms with E-state index in [4.69, 9.17) is 0 Å². The Balaban J connectivity index is 1.92. The molecule has 0 radical (unpaired) electrons. The number of hydrogen-bond acceptors (Lipinski definition) is 3. The third kappa shape index (κ3) is 3.60. The van der Waals surface area contributed by atoms with Crippen molar-refractivity contribution in [3.05, 3.63) is 12.2 Å². The Bertz CT molecular complexity index is 410. The number of likely N-dealkylation sites (N-methyl/N-ethyl adjacent to an activating group) is 1. The van der Waals surface area contributed by atoms with Gasteiger partial charge in [-0.2, -0.15) is 5.10 Å². The fourth-order valence-corrected chi connectivity index (χ4v) is 3.59. The molecule has 4 heteroatoms. The van der Waals surface area contributed by atoms with Crippen molar-refractivity contribution >= 4 is 0 Å². The maximum Gasteiger partial charge on any atom is 0.138 e. The molecule has 0 saturated heterocycles. The average molecular weight is 278 g/mol. The van der Waals surface area contributed by atoms with E-state index in [-0.39, 0.29) is 0 Å². The Kier molecular flexibility index (Phi) is 4.84. The largest absolute Gasteiger partial charge is 0.316 e. The molecule has 1 aromatic heterocycles. The first-order chi connectivity index (χ1) is 9.41. The zero-order valence-corrected chi connectivity index (χ0v) is 13.7. The minimum Gasteiger partial charge on any atom is -0.316 e. The molecular formula is C16H30N4. The van der Waals surface area contributed by atoms with Crippen LogP contribution >= 0.6 is 0 Å². The molecule has 1 saturated carbocycles. The van der Waals surface area contributed by atoms with Crippen molar-refractivity contribution < 1.29 is 0 Å². The van der Waals surface area contributed by atoms with Crippen LogP contribution in [-0.4, -0.2) is 27.9 Å². The third-order valence-corrected chi connectivity index (χ3v) is 5.14. The van der Waals surface area contributed by atoms with Gasteiger partial charge in [-0.3, -0.25) is 4.68 Å². The van der Waals surface area contributed by atoms with Crippen molar-refractivity contribution in [3.63, 3.8) is 0 Å². The molecule has 2 rings (SSSR count). The molecule has 1 aliphatic rings. The fourth-order valence-electron chi connectivity index (χ4n) is 3.59. The van der Waals surface area contributed by atoms with Crippen molar-refractivity contribution in [2.45, 2.75) is 58.9 Å². The van der Waals surface area contributed by atoms with E-state index in [1.54, 1.807) is 6.33 Å². The molecule has 1 unspecified atom stereocenters. The minimum atomic E-state index is 0.462. The molecule has 0 bridgehead atoms. The molecule has 0 amide bonds. The van der Waals surface area contributed by atoms with Crippen molar-refractivity contribution in [3.8, 4) is 0 Å². The van der Waals surface area contributed by atoms with Crippen molar-refractivity contribution in [1.82, 2.24) is 20.1 Å². The molecule has 0 aliphatic heterocycles. The molecule has 0 spiro atoms. The quantitative estimate of drug-likeness (QED) is 0.921. The van der Waals surface area contributed by atoms with Crippen LogP contribution in [0.25, 0.3) is 0 Å². The molecule has 1 fully saturated rings. The molecule has 0 aromatic carbocycles. The summed E-state index contributed by atoms with van der Waals surface area (Å²) in [4.78, 5) is 4.36. The predicted octanol–water partition coefficient (Wildman–Crippen LogP) is 2.80. The summed E-state index contributed by atoms with van der Waals surface area (Å²) in [6, 6.07) is 0.527. The molecule has 1 heterocycles. The van der Waals surface area contributed by atoms with Gasteiger partial charge in [-0.15, -0.1) is 0 Å². The Labute approximate surface area is 123 Å². The van der Waals surface area contributed by atoms with Crippen LogP contribution in [0.1, 0.15) is 52.3 Å². The molecule has 1 N–H and O–H groups in total. The van der Waals surface area contributed by atoms with E-state index in [0.717, 1.165) is 24.1 Å². The first-order valence-corrected chi connectivity index (χ1v) is 7.92. The lowest BCUT2D eigenvalue weighted by molar-refractivity contribution is 0.133. The van der Waals surface area contributed by atoms with E-state index in [1.165, 1.54) is 25.7 Å².